The molecule has 24 heavy (non-hydrogen) atoms. The van der Waals surface area contributed by atoms with Crippen molar-refractivity contribution < 1.29 is 14.3 Å². The van der Waals surface area contributed by atoms with Crippen LogP contribution in [0.15, 0.2) is 18.2 Å². The van der Waals surface area contributed by atoms with Crippen molar-refractivity contribution in [3.8, 4) is 0 Å². The van der Waals surface area contributed by atoms with Gasteiger partial charge in [-0.05, 0) is 92.7 Å². The maximum atomic E-state index is 14.1. The van der Waals surface area contributed by atoms with Gasteiger partial charge in [-0.25, -0.2) is 4.39 Å². The molecule has 0 aromatic heterocycles. The number of hydrogen-bond acceptors (Lipinski definition) is 2. The number of aliphatic hydroxyl groups is 1. The second-order valence-corrected chi connectivity index (χ2v) is 7.75. The summed E-state index contributed by atoms with van der Waals surface area (Å²) in [5.41, 5.74) is 1.74. The summed E-state index contributed by atoms with van der Waals surface area (Å²) in [6, 6.07) is 5.58. The van der Waals surface area contributed by atoms with E-state index >= 15 is 0 Å². The van der Waals surface area contributed by atoms with Gasteiger partial charge in [0.25, 0.3) is 0 Å². The minimum Gasteiger partial charge on any atom is -0.396 e. The van der Waals surface area contributed by atoms with Gasteiger partial charge in [-0.1, -0.05) is 12.1 Å². The monoisotopic (exact) mass is 332 g/mol. The van der Waals surface area contributed by atoms with Crippen molar-refractivity contribution in [2.24, 2.45) is 17.8 Å². The normalized spacial score (nSPS) is 30.9. The van der Waals surface area contributed by atoms with Crippen molar-refractivity contribution in [3.05, 3.63) is 35.1 Å². The smallest absolute Gasteiger partial charge is 0.126 e. The van der Waals surface area contributed by atoms with E-state index in [1.165, 1.54) is 25.7 Å². The zero-order chi connectivity index (χ0) is 16.9. The second-order valence-electron chi connectivity index (χ2n) is 7.75. The van der Waals surface area contributed by atoms with Gasteiger partial charge < -0.3 is 9.90 Å². The maximum absolute atomic E-state index is 14.1. The molecule has 0 radical (unpaired) electrons. The summed E-state index contributed by atoms with van der Waals surface area (Å²) in [4.78, 5) is 10.9. The molecule has 0 spiro atoms. The molecule has 0 heterocycles. The van der Waals surface area contributed by atoms with Crippen molar-refractivity contribution >= 4 is 6.29 Å². The molecule has 2 saturated carbocycles. The van der Waals surface area contributed by atoms with Gasteiger partial charge in [0, 0.05) is 12.5 Å². The first-order valence-electron chi connectivity index (χ1n) is 9.55. The van der Waals surface area contributed by atoms with Gasteiger partial charge in [0.05, 0.1) is 0 Å². The Kier molecular flexibility index (Phi) is 6.04. The van der Waals surface area contributed by atoms with E-state index in [-0.39, 0.29) is 12.4 Å². The van der Waals surface area contributed by atoms with E-state index < -0.39 is 0 Å². The van der Waals surface area contributed by atoms with E-state index in [9.17, 15) is 9.18 Å². The lowest BCUT2D eigenvalue weighted by Gasteiger charge is -2.37. The van der Waals surface area contributed by atoms with Gasteiger partial charge in [0.15, 0.2) is 0 Å². The SMILES string of the molecule is O=CC1CCC(C2CCC(c3ccc(CCO)c(F)c3)CC2)CC1. The Hall–Kier alpha value is -1.22. The third-order valence-electron chi connectivity index (χ3n) is 6.38. The number of carbonyl (C=O) groups is 1. The van der Waals surface area contributed by atoms with Crippen molar-refractivity contribution in [3.63, 3.8) is 0 Å². The predicted molar refractivity (Wildman–Crippen MR) is 93.4 cm³/mol. The van der Waals surface area contributed by atoms with Crippen LogP contribution in [0.4, 0.5) is 4.39 Å². The van der Waals surface area contributed by atoms with Gasteiger partial charge in [-0.3, -0.25) is 0 Å². The molecule has 0 aliphatic heterocycles. The number of aldehydes is 1. The third-order valence-corrected chi connectivity index (χ3v) is 6.38. The topological polar surface area (TPSA) is 37.3 Å². The Labute approximate surface area is 144 Å². The fourth-order valence-electron chi connectivity index (χ4n) is 4.82. The fourth-order valence-corrected chi connectivity index (χ4v) is 4.82. The van der Waals surface area contributed by atoms with Crippen LogP contribution in [0, 0.1) is 23.6 Å². The molecule has 1 aromatic carbocycles. The molecule has 0 unspecified atom stereocenters. The predicted octanol–water partition coefficient (Wildman–Crippen LogP) is 4.64. The summed E-state index contributed by atoms with van der Waals surface area (Å²) >= 11 is 0. The van der Waals surface area contributed by atoms with Crippen molar-refractivity contribution in [2.45, 2.75) is 63.7 Å². The Morgan fingerprint density at radius 3 is 2.17 bits per heavy atom. The van der Waals surface area contributed by atoms with E-state index in [1.807, 2.05) is 12.1 Å². The molecule has 1 aromatic rings. The van der Waals surface area contributed by atoms with E-state index in [0.717, 1.165) is 49.4 Å². The van der Waals surface area contributed by atoms with Crippen LogP contribution in [0.25, 0.3) is 0 Å². The van der Waals surface area contributed by atoms with Gasteiger partial charge in [-0.2, -0.15) is 0 Å². The second kappa shape index (κ2) is 8.24. The Morgan fingerprint density at radius 1 is 1.00 bits per heavy atom. The number of rotatable bonds is 5. The highest BCUT2D eigenvalue weighted by molar-refractivity contribution is 5.53. The number of halogens is 1. The molecular formula is C21H29FO2. The van der Waals surface area contributed by atoms with Gasteiger partial charge >= 0.3 is 0 Å². The molecule has 2 aliphatic rings. The van der Waals surface area contributed by atoms with Crippen LogP contribution >= 0.6 is 0 Å². The highest BCUT2D eigenvalue weighted by Crippen LogP contribution is 2.43. The largest absolute Gasteiger partial charge is 0.396 e. The lowest BCUT2D eigenvalue weighted by Crippen LogP contribution is -2.25. The summed E-state index contributed by atoms with van der Waals surface area (Å²) in [6.45, 7) is -0.00623. The van der Waals surface area contributed by atoms with Crippen molar-refractivity contribution in [1.29, 1.82) is 0 Å². The first-order valence-corrected chi connectivity index (χ1v) is 9.55. The van der Waals surface area contributed by atoms with Crippen molar-refractivity contribution in [1.82, 2.24) is 0 Å². The van der Waals surface area contributed by atoms with Gasteiger partial charge in [0.1, 0.15) is 12.1 Å². The van der Waals surface area contributed by atoms with Crippen LogP contribution in [0.5, 0.6) is 0 Å². The molecule has 0 bridgehead atoms. The first kappa shape index (κ1) is 17.6. The summed E-state index contributed by atoms with van der Waals surface area (Å²) < 4.78 is 14.1. The molecule has 0 atom stereocenters. The van der Waals surface area contributed by atoms with Gasteiger partial charge in [-0.15, -0.1) is 0 Å². The molecule has 0 amide bonds. The lowest BCUT2D eigenvalue weighted by atomic mass is 9.68. The number of benzene rings is 1. The van der Waals surface area contributed by atoms with Gasteiger partial charge in [0.2, 0.25) is 0 Å². The van der Waals surface area contributed by atoms with E-state index in [1.54, 1.807) is 6.07 Å². The third kappa shape index (κ3) is 4.05. The summed E-state index contributed by atoms with van der Waals surface area (Å²) in [5, 5.41) is 8.96. The van der Waals surface area contributed by atoms with E-state index in [0.29, 0.717) is 23.8 Å². The molecule has 1 N–H and O–H groups in total. The average Bonchev–Trinajstić information content (AvgIpc) is 2.64. The van der Waals surface area contributed by atoms with Crippen LogP contribution in [-0.4, -0.2) is 18.0 Å². The maximum Gasteiger partial charge on any atom is 0.126 e. The Morgan fingerprint density at radius 2 is 1.62 bits per heavy atom. The molecule has 0 saturated heterocycles. The van der Waals surface area contributed by atoms with Crippen LogP contribution in [0.1, 0.15) is 68.4 Å². The zero-order valence-electron chi connectivity index (χ0n) is 14.4. The van der Waals surface area contributed by atoms with Crippen LogP contribution < -0.4 is 0 Å². The molecule has 3 heteroatoms. The summed E-state index contributed by atoms with van der Waals surface area (Å²) in [5.74, 6) is 2.21. The minimum absolute atomic E-state index is 0.00623. The molecule has 132 valence electrons. The number of carbonyl (C=O) groups excluding carboxylic acids is 1. The standard InChI is InChI=1S/C21H29FO2/c22-21-13-20(10-9-19(21)11-12-23)18-7-5-17(6-8-18)16-3-1-15(14-24)2-4-16/h9-10,13-18,23H,1-8,11-12H2. The van der Waals surface area contributed by atoms with Crippen LogP contribution in [-0.2, 0) is 11.2 Å². The quantitative estimate of drug-likeness (QED) is 0.798. The van der Waals surface area contributed by atoms with E-state index in [2.05, 4.69) is 0 Å². The molecule has 2 fully saturated rings. The zero-order valence-corrected chi connectivity index (χ0v) is 14.4. The van der Waals surface area contributed by atoms with Crippen molar-refractivity contribution in [2.75, 3.05) is 6.61 Å². The summed E-state index contributed by atoms with van der Waals surface area (Å²) in [7, 11) is 0. The average molecular weight is 332 g/mol. The van der Waals surface area contributed by atoms with Crippen LogP contribution in [0.3, 0.4) is 0 Å². The molecular weight excluding hydrogens is 303 g/mol. The lowest BCUT2D eigenvalue weighted by molar-refractivity contribution is -0.112. The molecule has 2 nitrogen and oxygen atoms in total. The Bertz CT molecular complexity index is 541. The Balaban J connectivity index is 1.53. The minimum atomic E-state index is -0.171. The molecule has 2 aliphatic carbocycles. The number of aliphatic hydroxyl groups excluding tert-OH is 1. The fraction of sp³-hybridized carbons (Fsp3) is 0.667. The highest BCUT2D eigenvalue weighted by atomic mass is 19.1. The first-order chi connectivity index (χ1) is 11.7. The van der Waals surface area contributed by atoms with Crippen LogP contribution in [0.2, 0.25) is 0 Å². The van der Waals surface area contributed by atoms with E-state index in [4.69, 9.17) is 5.11 Å². The summed E-state index contributed by atoms with van der Waals surface area (Å²) in [6.07, 6.45) is 10.9. The highest BCUT2D eigenvalue weighted by Gasteiger charge is 2.31. The number of hydrogen-bond donors (Lipinski definition) is 1. The molecule has 3 rings (SSSR count).